The van der Waals surface area contributed by atoms with Gasteiger partial charge in [-0.1, -0.05) is 6.07 Å². The molecule has 2 aromatic carbocycles. The minimum Gasteiger partial charge on any atom is -0.465 e. The highest BCUT2D eigenvalue weighted by Crippen LogP contribution is 2.19. The summed E-state index contributed by atoms with van der Waals surface area (Å²) in [4.78, 5) is 11.2. The summed E-state index contributed by atoms with van der Waals surface area (Å²) in [5.41, 5.74) is -0.0852. The number of rotatable bonds is 4. The number of carbonyl (C=O) groups excluding carboxylic acids is 1. The molecular weight excluding hydrogens is 316 g/mol. The maximum atomic E-state index is 13.1. The third-order valence-corrected chi connectivity index (χ3v) is 4.12. The molecule has 0 radical (unpaired) electrons. The second kappa shape index (κ2) is 6.10. The Morgan fingerprint density at radius 2 is 1.82 bits per heavy atom. The number of hydrogen-bond acceptors (Lipinski definition) is 4. The van der Waals surface area contributed by atoms with Gasteiger partial charge >= 0.3 is 5.97 Å². The molecular formula is C14H11F2NO4S. The Hall–Kier alpha value is -2.48. The first-order valence-electron chi connectivity index (χ1n) is 6.00. The van der Waals surface area contributed by atoms with Gasteiger partial charge in [-0.3, -0.25) is 4.72 Å². The van der Waals surface area contributed by atoms with E-state index in [-0.39, 0.29) is 16.1 Å². The molecule has 8 heteroatoms. The lowest BCUT2D eigenvalue weighted by Crippen LogP contribution is -2.14. The number of nitrogens with one attached hydrogen (secondary N) is 1. The van der Waals surface area contributed by atoms with Crippen molar-refractivity contribution in [2.75, 3.05) is 11.8 Å². The van der Waals surface area contributed by atoms with Gasteiger partial charge in [0.1, 0.15) is 0 Å². The highest BCUT2D eigenvalue weighted by atomic mass is 32.2. The zero-order valence-corrected chi connectivity index (χ0v) is 12.2. The Balaban J connectivity index is 2.34. The molecule has 0 aliphatic heterocycles. The van der Waals surface area contributed by atoms with Crippen molar-refractivity contribution >= 4 is 21.7 Å². The molecule has 22 heavy (non-hydrogen) atoms. The van der Waals surface area contributed by atoms with E-state index in [1.54, 1.807) is 0 Å². The van der Waals surface area contributed by atoms with E-state index in [4.69, 9.17) is 0 Å². The predicted octanol–water partition coefficient (Wildman–Crippen LogP) is 2.55. The SMILES string of the molecule is COC(=O)c1cccc(S(=O)(=O)Nc2ccc(F)c(F)c2)c1. The number of esters is 1. The van der Waals surface area contributed by atoms with Gasteiger partial charge in [0.05, 0.1) is 23.3 Å². The number of halogens is 2. The van der Waals surface area contributed by atoms with Crippen LogP contribution in [0.3, 0.4) is 0 Å². The summed E-state index contributed by atoms with van der Waals surface area (Å²) in [6, 6.07) is 7.74. The van der Waals surface area contributed by atoms with E-state index >= 15 is 0 Å². The molecule has 2 rings (SSSR count). The van der Waals surface area contributed by atoms with Crippen LogP contribution < -0.4 is 4.72 Å². The lowest BCUT2D eigenvalue weighted by molar-refractivity contribution is 0.0600. The minimum atomic E-state index is -4.05. The average molecular weight is 327 g/mol. The van der Waals surface area contributed by atoms with Crippen LogP contribution in [0.4, 0.5) is 14.5 Å². The number of anilines is 1. The standard InChI is InChI=1S/C14H11F2NO4S/c1-21-14(18)9-3-2-4-11(7-9)22(19,20)17-10-5-6-12(15)13(16)8-10/h2-8,17H,1H3. The summed E-state index contributed by atoms with van der Waals surface area (Å²) in [6.07, 6.45) is 0. The zero-order valence-electron chi connectivity index (χ0n) is 11.3. The lowest BCUT2D eigenvalue weighted by Gasteiger charge is -2.09. The zero-order chi connectivity index (χ0) is 16.3. The molecule has 0 atom stereocenters. The number of methoxy groups -OCH3 is 1. The predicted molar refractivity (Wildman–Crippen MR) is 74.9 cm³/mol. The van der Waals surface area contributed by atoms with E-state index in [9.17, 15) is 22.0 Å². The molecule has 5 nitrogen and oxygen atoms in total. The Labute approximate surface area is 125 Å². The molecule has 0 amide bonds. The summed E-state index contributed by atoms with van der Waals surface area (Å²) < 4.78 is 56.9. The van der Waals surface area contributed by atoms with Gasteiger partial charge in [0.2, 0.25) is 0 Å². The molecule has 0 unspecified atom stereocenters. The summed E-state index contributed by atoms with van der Waals surface area (Å²) >= 11 is 0. The second-order valence-corrected chi connectivity index (χ2v) is 5.94. The van der Waals surface area contributed by atoms with Crippen molar-refractivity contribution in [2.24, 2.45) is 0 Å². The highest BCUT2D eigenvalue weighted by Gasteiger charge is 2.17. The van der Waals surface area contributed by atoms with Crippen LogP contribution in [0.25, 0.3) is 0 Å². The molecule has 0 saturated heterocycles. The molecule has 0 bridgehead atoms. The molecule has 0 aliphatic rings. The first-order chi connectivity index (χ1) is 10.3. The van der Waals surface area contributed by atoms with Crippen molar-refractivity contribution in [3.05, 3.63) is 59.7 Å². The lowest BCUT2D eigenvalue weighted by atomic mass is 10.2. The van der Waals surface area contributed by atoms with Crippen LogP contribution in [0.15, 0.2) is 47.4 Å². The fourth-order valence-electron chi connectivity index (χ4n) is 1.68. The summed E-state index contributed by atoms with van der Waals surface area (Å²) in [6.45, 7) is 0. The monoisotopic (exact) mass is 327 g/mol. The fourth-order valence-corrected chi connectivity index (χ4v) is 2.78. The largest absolute Gasteiger partial charge is 0.465 e. The number of benzene rings is 2. The molecule has 0 fully saturated rings. The van der Waals surface area contributed by atoms with Gasteiger partial charge in [0, 0.05) is 6.07 Å². The summed E-state index contributed by atoms with van der Waals surface area (Å²) in [7, 11) is -2.88. The maximum absolute atomic E-state index is 13.1. The molecule has 1 N–H and O–H groups in total. The van der Waals surface area contributed by atoms with Crippen molar-refractivity contribution < 1.29 is 26.7 Å². The first-order valence-corrected chi connectivity index (χ1v) is 7.48. The van der Waals surface area contributed by atoms with Crippen LogP contribution in [0.5, 0.6) is 0 Å². The van der Waals surface area contributed by atoms with Crippen LogP contribution in [0.2, 0.25) is 0 Å². The number of hydrogen-bond donors (Lipinski definition) is 1. The van der Waals surface area contributed by atoms with Gasteiger partial charge in [-0.2, -0.15) is 0 Å². The Bertz CT molecular complexity index is 821. The molecule has 0 spiro atoms. The van der Waals surface area contributed by atoms with Crippen LogP contribution >= 0.6 is 0 Å². The highest BCUT2D eigenvalue weighted by molar-refractivity contribution is 7.92. The summed E-state index contributed by atoms with van der Waals surface area (Å²) in [5.74, 6) is -2.95. The number of sulfonamides is 1. The molecule has 116 valence electrons. The molecule has 0 heterocycles. The molecule has 0 aliphatic carbocycles. The van der Waals surface area contributed by atoms with Crippen molar-refractivity contribution in [1.82, 2.24) is 0 Å². The van der Waals surface area contributed by atoms with Gasteiger partial charge in [-0.05, 0) is 30.3 Å². The Kier molecular flexibility index (Phi) is 4.41. The smallest absolute Gasteiger partial charge is 0.337 e. The van der Waals surface area contributed by atoms with Gasteiger partial charge in [-0.15, -0.1) is 0 Å². The van der Waals surface area contributed by atoms with E-state index in [1.807, 2.05) is 0 Å². The molecule has 0 aromatic heterocycles. The van der Waals surface area contributed by atoms with Crippen LogP contribution in [0, 0.1) is 11.6 Å². The van der Waals surface area contributed by atoms with Crippen molar-refractivity contribution in [3.8, 4) is 0 Å². The van der Waals surface area contributed by atoms with Gasteiger partial charge in [-0.25, -0.2) is 22.0 Å². The topological polar surface area (TPSA) is 72.5 Å². The molecule has 0 saturated carbocycles. The Morgan fingerprint density at radius 3 is 2.45 bits per heavy atom. The van der Waals surface area contributed by atoms with Gasteiger partial charge < -0.3 is 4.74 Å². The minimum absolute atomic E-state index is 0.0515. The number of ether oxygens (including phenoxy) is 1. The Morgan fingerprint density at radius 1 is 1.09 bits per heavy atom. The van der Waals surface area contributed by atoms with E-state index in [2.05, 4.69) is 9.46 Å². The third kappa shape index (κ3) is 3.40. The number of carbonyl (C=O) groups is 1. The third-order valence-electron chi connectivity index (χ3n) is 2.74. The quantitative estimate of drug-likeness (QED) is 0.876. The van der Waals surface area contributed by atoms with E-state index < -0.39 is 27.6 Å². The van der Waals surface area contributed by atoms with E-state index in [1.165, 1.54) is 25.3 Å². The molecule has 2 aromatic rings. The van der Waals surface area contributed by atoms with Crippen LogP contribution in [0.1, 0.15) is 10.4 Å². The normalized spacial score (nSPS) is 11.0. The first kappa shape index (κ1) is 15.9. The van der Waals surface area contributed by atoms with Crippen LogP contribution in [-0.4, -0.2) is 21.5 Å². The van der Waals surface area contributed by atoms with Crippen molar-refractivity contribution in [3.63, 3.8) is 0 Å². The summed E-state index contributed by atoms with van der Waals surface area (Å²) in [5, 5.41) is 0. The van der Waals surface area contributed by atoms with Crippen molar-refractivity contribution in [2.45, 2.75) is 4.90 Å². The maximum Gasteiger partial charge on any atom is 0.337 e. The fraction of sp³-hybridized carbons (Fsp3) is 0.0714. The van der Waals surface area contributed by atoms with Crippen molar-refractivity contribution in [1.29, 1.82) is 0 Å². The van der Waals surface area contributed by atoms with Gasteiger partial charge in [0.25, 0.3) is 10.0 Å². The van der Waals surface area contributed by atoms with E-state index in [0.29, 0.717) is 0 Å². The van der Waals surface area contributed by atoms with Gasteiger partial charge in [0.15, 0.2) is 11.6 Å². The average Bonchev–Trinajstić information content (AvgIpc) is 2.50. The van der Waals surface area contributed by atoms with E-state index in [0.717, 1.165) is 24.3 Å². The van der Waals surface area contributed by atoms with Crippen LogP contribution in [-0.2, 0) is 14.8 Å². The second-order valence-electron chi connectivity index (χ2n) is 4.25.